The van der Waals surface area contributed by atoms with Crippen molar-refractivity contribution in [1.29, 1.82) is 0 Å². The van der Waals surface area contributed by atoms with Crippen molar-refractivity contribution in [2.75, 3.05) is 60.6 Å². The number of hydrogen-bond donors (Lipinski definition) is 3. The van der Waals surface area contributed by atoms with Crippen molar-refractivity contribution in [1.82, 2.24) is 24.8 Å². The number of anilines is 6. The predicted molar refractivity (Wildman–Crippen MR) is 121 cm³/mol. The maximum atomic E-state index is 14.3. The number of rotatable bonds is 5. The molecule has 0 atom stereocenters. The minimum atomic E-state index is -0.654. The summed E-state index contributed by atoms with van der Waals surface area (Å²) in [6, 6.07) is 7.12. The third-order valence-electron chi connectivity index (χ3n) is 5.32. The molecule has 1 fully saturated rings. The molecule has 1 saturated heterocycles. The lowest BCUT2D eigenvalue weighted by atomic mass is 10.3. The minimum Gasteiger partial charge on any atom is -0.404 e. The summed E-state index contributed by atoms with van der Waals surface area (Å²) in [7, 11) is 2.11. The number of likely N-dealkylation sites (N-methyl/N-ethyl adjacent to an activating group) is 1. The number of nitrogens with one attached hydrogen (secondary N) is 3. The van der Waals surface area contributed by atoms with Crippen LogP contribution in [-0.2, 0) is 4.79 Å². The molecule has 5 rings (SSSR count). The number of ether oxygens (including phenoxy) is 1. The van der Waals surface area contributed by atoms with E-state index in [9.17, 15) is 9.18 Å². The molecule has 0 aromatic carbocycles. The molecular weight excluding hydrogens is 429 g/mol. The maximum absolute atomic E-state index is 14.3. The summed E-state index contributed by atoms with van der Waals surface area (Å²) in [4.78, 5) is 32.9. The van der Waals surface area contributed by atoms with Crippen molar-refractivity contribution in [3.63, 3.8) is 0 Å². The van der Waals surface area contributed by atoms with E-state index < -0.39 is 11.8 Å². The third kappa shape index (κ3) is 4.75. The van der Waals surface area contributed by atoms with Gasteiger partial charge in [0.1, 0.15) is 18.2 Å². The second-order valence-corrected chi connectivity index (χ2v) is 7.71. The first-order valence-corrected chi connectivity index (χ1v) is 10.5. The van der Waals surface area contributed by atoms with E-state index >= 15 is 0 Å². The summed E-state index contributed by atoms with van der Waals surface area (Å²) in [6.45, 7) is 3.93. The van der Waals surface area contributed by atoms with Crippen LogP contribution in [-0.4, -0.2) is 70.6 Å². The van der Waals surface area contributed by atoms with Crippen LogP contribution in [0.25, 0.3) is 0 Å². The van der Waals surface area contributed by atoms with E-state index in [0.29, 0.717) is 11.4 Å². The van der Waals surface area contributed by atoms with E-state index in [1.165, 1.54) is 0 Å². The van der Waals surface area contributed by atoms with E-state index in [2.05, 4.69) is 52.7 Å². The first kappa shape index (κ1) is 20.8. The van der Waals surface area contributed by atoms with Gasteiger partial charge in [0, 0.05) is 26.2 Å². The summed E-state index contributed by atoms with van der Waals surface area (Å²) >= 11 is 0. The van der Waals surface area contributed by atoms with Crippen LogP contribution in [0.5, 0.6) is 5.88 Å². The average Bonchev–Trinajstić information content (AvgIpc) is 2.82. The number of aromatic nitrogens is 4. The molecule has 3 N–H and O–H groups in total. The lowest BCUT2D eigenvalue weighted by Crippen LogP contribution is -2.44. The van der Waals surface area contributed by atoms with Crippen molar-refractivity contribution in [2.24, 2.45) is 0 Å². The van der Waals surface area contributed by atoms with Crippen LogP contribution >= 0.6 is 0 Å². The molecule has 3 aromatic rings. The highest BCUT2D eigenvalue weighted by molar-refractivity contribution is 5.82. The van der Waals surface area contributed by atoms with Crippen molar-refractivity contribution in [3.8, 4) is 5.88 Å². The fraction of sp³-hybridized carbons (Fsp3) is 0.286. The van der Waals surface area contributed by atoms with Crippen molar-refractivity contribution in [2.45, 2.75) is 0 Å². The van der Waals surface area contributed by atoms with Crippen LogP contribution in [0.3, 0.4) is 0 Å². The van der Waals surface area contributed by atoms with Gasteiger partial charge in [0.2, 0.25) is 11.8 Å². The van der Waals surface area contributed by atoms with Crippen LogP contribution in [0, 0.1) is 5.82 Å². The number of carbonyl (C=O) groups is 1. The fourth-order valence-corrected chi connectivity index (χ4v) is 3.48. The van der Waals surface area contributed by atoms with Gasteiger partial charge in [0.25, 0.3) is 0 Å². The monoisotopic (exact) mass is 451 g/mol. The molecule has 170 valence electrons. The Morgan fingerprint density at radius 1 is 1.03 bits per heavy atom. The SMILES string of the molecule is CN1CCN(c2ccc(Nc3ncc(F)c(Nc4ccc5c(n4)OC(=O)CN5)n3)cn2)CC1. The van der Waals surface area contributed by atoms with Crippen molar-refractivity contribution >= 4 is 40.7 Å². The van der Waals surface area contributed by atoms with E-state index in [0.717, 1.165) is 38.2 Å². The Labute approximate surface area is 189 Å². The van der Waals surface area contributed by atoms with Gasteiger partial charge >= 0.3 is 5.97 Å². The van der Waals surface area contributed by atoms with Gasteiger partial charge in [-0.2, -0.15) is 9.97 Å². The Hall–Kier alpha value is -4.06. The van der Waals surface area contributed by atoms with Gasteiger partial charge in [-0.15, -0.1) is 0 Å². The summed E-state index contributed by atoms with van der Waals surface area (Å²) in [6.07, 6.45) is 2.75. The molecule has 0 saturated carbocycles. The molecule has 2 aliphatic heterocycles. The Kier molecular flexibility index (Phi) is 5.57. The lowest BCUT2D eigenvalue weighted by molar-refractivity contribution is -0.133. The molecule has 0 aliphatic carbocycles. The average molecular weight is 451 g/mol. The highest BCUT2D eigenvalue weighted by Gasteiger charge is 2.19. The Morgan fingerprint density at radius 2 is 1.88 bits per heavy atom. The summed E-state index contributed by atoms with van der Waals surface area (Å²) in [5.74, 6) is 0.321. The van der Waals surface area contributed by atoms with Gasteiger partial charge in [-0.25, -0.2) is 19.2 Å². The van der Waals surface area contributed by atoms with E-state index in [1.54, 1.807) is 18.3 Å². The normalized spacial score (nSPS) is 15.9. The van der Waals surface area contributed by atoms with Crippen LogP contribution < -0.4 is 25.6 Å². The molecule has 0 unspecified atom stereocenters. The Morgan fingerprint density at radius 3 is 2.67 bits per heavy atom. The molecule has 5 heterocycles. The first-order chi connectivity index (χ1) is 16.0. The summed E-state index contributed by atoms with van der Waals surface area (Å²) < 4.78 is 19.4. The number of pyridine rings is 2. The van der Waals surface area contributed by atoms with Gasteiger partial charge in [0.05, 0.1) is 23.8 Å². The number of halogens is 1. The van der Waals surface area contributed by atoms with Crippen LogP contribution in [0.15, 0.2) is 36.7 Å². The topological polar surface area (TPSA) is 120 Å². The van der Waals surface area contributed by atoms with Crippen molar-refractivity contribution in [3.05, 3.63) is 42.5 Å². The lowest BCUT2D eigenvalue weighted by Gasteiger charge is -2.33. The number of fused-ring (bicyclic) bond motifs is 1. The molecule has 0 spiro atoms. The molecule has 0 amide bonds. The van der Waals surface area contributed by atoms with Gasteiger partial charge in [0.15, 0.2) is 11.6 Å². The molecule has 12 heteroatoms. The molecule has 0 bridgehead atoms. The van der Waals surface area contributed by atoms with Gasteiger partial charge < -0.3 is 30.5 Å². The quantitative estimate of drug-likeness (QED) is 0.494. The number of carbonyl (C=O) groups excluding carboxylic acids is 1. The highest BCUT2D eigenvalue weighted by Crippen LogP contribution is 2.28. The highest BCUT2D eigenvalue weighted by atomic mass is 19.1. The molecule has 11 nitrogen and oxygen atoms in total. The maximum Gasteiger partial charge on any atom is 0.332 e. The second kappa shape index (κ2) is 8.82. The largest absolute Gasteiger partial charge is 0.404 e. The summed E-state index contributed by atoms with van der Waals surface area (Å²) in [5, 5.41) is 8.72. The Balaban J connectivity index is 1.28. The number of piperazine rings is 1. The standard InChI is InChI=1S/C21H22FN9O2/c1-30-6-8-31(9-7-30)17-5-2-13(10-24-17)26-21-25-11-14(22)19(29-21)27-16-4-3-15-20(28-16)33-18(32)12-23-15/h2-5,10-11,23H,6-9,12H2,1H3,(H2,25,26,27,28,29). The number of esters is 1. The van der Waals surface area contributed by atoms with Gasteiger partial charge in [-0.1, -0.05) is 0 Å². The molecular formula is C21H22FN9O2. The smallest absolute Gasteiger partial charge is 0.332 e. The molecule has 2 aliphatic rings. The summed E-state index contributed by atoms with van der Waals surface area (Å²) in [5.41, 5.74) is 1.26. The zero-order chi connectivity index (χ0) is 22.8. The fourth-order valence-electron chi connectivity index (χ4n) is 3.48. The zero-order valence-corrected chi connectivity index (χ0v) is 17.9. The van der Waals surface area contributed by atoms with Crippen LogP contribution in [0.1, 0.15) is 0 Å². The Bertz CT molecular complexity index is 1170. The van der Waals surface area contributed by atoms with Crippen LogP contribution in [0.2, 0.25) is 0 Å². The zero-order valence-electron chi connectivity index (χ0n) is 17.9. The second-order valence-electron chi connectivity index (χ2n) is 7.71. The molecule has 0 radical (unpaired) electrons. The van der Waals surface area contributed by atoms with E-state index in [4.69, 9.17) is 4.74 Å². The van der Waals surface area contributed by atoms with Gasteiger partial charge in [-0.3, -0.25) is 0 Å². The minimum absolute atomic E-state index is 0.0717. The van der Waals surface area contributed by atoms with Crippen LogP contribution in [0.4, 0.5) is 39.2 Å². The van der Waals surface area contributed by atoms with E-state index in [1.807, 2.05) is 12.1 Å². The first-order valence-electron chi connectivity index (χ1n) is 10.5. The number of hydrogen-bond acceptors (Lipinski definition) is 11. The third-order valence-corrected chi connectivity index (χ3v) is 5.32. The van der Waals surface area contributed by atoms with E-state index in [-0.39, 0.29) is 30.0 Å². The molecule has 33 heavy (non-hydrogen) atoms. The van der Waals surface area contributed by atoms with Crippen molar-refractivity contribution < 1.29 is 13.9 Å². The molecule has 3 aromatic heterocycles. The number of nitrogens with zero attached hydrogens (tertiary/aromatic N) is 6. The predicted octanol–water partition coefficient (Wildman–Crippen LogP) is 1.98. The van der Waals surface area contributed by atoms with Gasteiger partial charge in [-0.05, 0) is 31.3 Å².